The summed E-state index contributed by atoms with van der Waals surface area (Å²) in [7, 11) is 0. The molecule has 2 N–H and O–H groups in total. The SMILES string of the molecule is CCCCCCCCCCCCCCCCCCOc1cccc2c1C(c1ccc(O)cc1)(c1ccc(O)cc1)OC2=O. The lowest BCUT2D eigenvalue weighted by molar-refractivity contribution is 0.0246. The van der Waals surface area contributed by atoms with Crippen molar-refractivity contribution in [3.63, 3.8) is 0 Å². The second-order valence-electron chi connectivity index (χ2n) is 12.0. The lowest BCUT2D eigenvalue weighted by Crippen LogP contribution is -2.30. The van der Waals surface area contributed by atoms with Crippen LogP contribution in [0.4, 0.5) is 0 Å². The average Bonchev–Trinajstić information content (AvgIpc) is 3.33. The van der Waals surface area contributed by atoms with Crippen LogP contribution in [0.15, 0.2) is 66.7 Å². The zero-order chi connectivity index (χ0) is 30.3. The first-order valence-electron chi connectivity index (χ1n) is 16.6. The van der Waals surface area contributed by atoms with Crippen LogP contribution in [0.25, 0.3) is 0 Å². The van der Waals surface area contributed by atoms with E-state index in [0.29, 0.717) is 34.6 Å². The summed E-state index contributed by atoms with van der Waals surface area (Å²) < 4.78 is 12.5. The number of fused-ring (bicyclic) bond motifs is 1. The van der Waals surface area contributed by atoms with Crippen molar-refractivity contribution in [3.8, 4) is 17.2 Å². The van der Waals surface area contributed by atoms with E-state index in [-0.39, 0.29) is 11.5 Å². The Morgan fingerprint density at radius 1 is 0.605 bits per heavy atom. The number of phenols is 2. The number of carbonyl (C=O) groups excluding carboxylic acids is 1. The van der Waals surface area contributed by atoms with Gasteiger partial charge in [0.05, 0.1) is 17.7 Å². The molecule has 3 aromatic carbocycles. The van der Waals surface area contributed by atoms with E-state index >= 15 is 0 Å². The Labute approximate surface area is 258 Å². The maximum absolute atomic E-state index is 13.2. The quantitative estimate of drug-likeness (QED) is 0.102. The van der Waals surface area contributed by atoms with E-state index in [9.17, 15) is 15.0 Å². The first-order valence-corrected chi connectivity index (χ1v) is 16.6. The molecule has 0 unspecified atom stereocenters. The van der Waals surface area contributed by atoms with Gasteiger partial charge in [-0.25, -0.2) is 4.79 Å². The van der Waals surface area contributed by atoms with Gasteiger partial charge in [0.25, 0.3) is 0 Å². The fraction of sp³-hybridized carbons (Fsp3) is 0.500. The van der Waals surface area contributed by atoms with E-state index in [1.54, 1.807) is 54.6 Å². The number of unbranched alkanes of at least 4 members (excludes halogenated alkanes) is 15. The molecule has 5 heteroatoms. The molecule has 0 spiro atoms. The number of hydrogen-bond acceptors (Lipinski definition) is 5. The van der Waals surface area contributed by atoms with Crippen LogP contribution in [0, 0.1) is 0 Å². The molecule has 0 saturated carbocycles. The van der Waals surface area contributed by atoms with E-state index in [0.717, 1.165) is 12.8 Å². The van der Waals surface area contributed by atoms with Gasteiger partial charge in [0.2, 0.25) is 0 Å². The number of aromatic hydroxyl groups is 2. The van der Waals surface area contributed by atoms with Gasteiger partial charge >= 0.3 is 5.97 Å². The second-order valence-corrected chi connectivity index (χ2v) is 12.0. The summed E-state index contributed by atoms with van der Waals surface area (Å²) >= 11 is 0. The lowest BCUT2D eigenvalue weighted by atomic mass is 9.79. The van der Waals surface area contributed by atoms with E-state index in [2.05, 4.69) is 6.92 Å². The van der Waals surface area contributed by atoms with E-state index in [4.69, 9.17) is 9.47 Å². The Kier molecular flexibility index (Phi) is 12.8. The fourth-order valence-corrected chi connectivity index (χ4v) is 6.23. The standard InChI is InChI=1S/C38H50O5/c1-2-3-4-5-6-7-8-9-10-11-12-13-14-15-16-17-29-42-35-20-18-19-34-36(35)38(43-37(34)41,30-21-25-32(39)26-22-30)31-23-27-33(40)28-24-31/h18-28,39-40H,2-17,29H2,1H3. The summed E-state index contributed by atoms with van der Waals surface area (Å²) in [6, 6.07) is 18.9. The van der Waals surface area contributed by atoms with Crippen molar-refractivity contribution in [1.29, 1.82) is 0 Å². The van der Waals surface area contributed by atoms with Crippen molar-refractivity contribution in [2.24, 2.45) is 0 Å². The molecular formula is C38H50O5. The Balaban J connectivity index is 1.25. The van der Waals surface area contributed by atoms with Crippen LogP contribution in [0.2, 0.25) is 0 Å². The second kappa shape index (κ2) is 17.0. The van der Waals surface area contributed by atoms with Crippen LogP contribution in [0.3, 0.4) is 0 Å². The summed E-state index contributed by atoms with van der Waals surface area (Å²) in [5.41, 5.74) is 1.26. The maximum Gasteiger partial charge on any atom is 0.340 e. The number of hydrogen-bond donors (Lipinski definition) is 2. The van der Waals surface area contributed by atoms with Crippen LogP contribution < -0.4 is 4.74 Å². The Morgan fingerprint density at radius 3 is 1.51 bits per heavy atom. The van der Waals surface area contributed by atoms with E-state index in [1.807, 2.05) is 12.1 Å². The van der Waals surface area contributed by atoms with Crippen molar-refractivity contribution < 1.29 is 24.5 Å². The summed E-state index contributed by atoms with van der Waals surface area (Å²) in [6.45, 7) is 2.84. The van der Waals surface area contributed by atoms with Gasteiger partial charge in [0.1, 0.15) is 17.2 Å². The molecule has 1 aliphatic heterocycles. The molecule has 0 bridgehead atoms. The van der Waals surface area contributed by atoms with E-state index < -0.39 is 11.6 Å². The summed E-state index contributed by atoms with van der Waals surface area (Å²) in [5, 5.41) is 19.9. The summed E-state index contributed by atoms with van der Waals surface area (Å²) in [6.07, 6.45) is 21.1. The highest BCUT2D eigenvalue weighted by Gasteiger charge is 2.50. The van der Waals surface area contributed by atoms with Gasteiger partial charge in [-0.05, 0) is 42.8 Å². The van der Waals surface area contributed by atoms with Crippen LogP contribution >= 0.6 is 0 Å². The molecule has 4 rings (SSSR count). The van der Waals surface area contributed by atoms with Crippen molar-refractivity contribution in [2.75, 3.05) is 6.61 Å². The molecule has 1 heterocycles. The fourth-order valence-electron chi connectivity index (χ4n) is 6.23. The molecule has 0 amide bonds. The van der Waals surface area contributed by atoms with Gasteiger partial charge in [-0.3, -0.25) is 0 Å². The first-order chi connectivity index (χ1) is 21.1. The molecule has 0 aromatic heterocycles. The summed E-state index contributed by atoms with van der Waals surface area (Å²) in [4.78, 5) is 13.2. The third kappa shape index (κ3) is 8.78. The Hall–Kier alpha value is -3.47. The number of ether oxygens (including phenoxy) is 2. The number of rotatable bonds is 20. The van der Waals surface area contributed by atoms with Crippen LogP contribution in [0.5, 0.6) is 17.2 Å². The van der Waals surface area contributed by atoms with Gasteiger partial charge in [-0.15, -0.1) is 0 Å². The molecule has 1 aliphatic rings. The topological polar surface area (TPSA) is 76.0 Å². The first kappa shape index (κ1) is 32.4. The van der Waals surface area contributed by atoms with Crippen LogP contribution in [0.1, 0.15) is 137 Å². The zero-order valence-corrected chi connectivity index (χ0v) is 26.0. The zero-order valence-electron chi connectivity index (χ0n) is 26.0. The number of carbonyl (C=O) groups is 1. The number of esters is 1. The summed E-state index contributed by atoms with van der Waals surface area (Å²) in [5.74, 6) is 0.443. The highest BCUT2D eigenvalue weighted by Crippen LogP contribution is 2.51. The van der Waals surface area contributed by atoms with Crippen molar-refractivity contribution in [3.05, 3.63) is 89.0 Å². The predicted molar refractivity (Wildman–Crippen MR) is 173 cm³/mol. The third-order valence-corrected chi connectivity index (χ3v) is 8.65. The molecule has 0 atom stereocenters. The smallest absolute Gasteiger partial charge is 0.340 e. The van der Waals surface area contributed by atoms with Gasteiger partial charge in [-0.2, -0.15) is 0 Å². The molecular weight excluding hydrogens is 536 g/mol. The normalized spacial score (nSPS) is 13.6. The highest BCUT2D eigenvalue weighted by atomic mass is 16.6. The Bertz CT molecular complexity index is 1200. The number of cyclic esters (lactones) is 1. The highest BCUT2D eigenvalue weighted by molar-refractivity contribution is 5.97. The molecule has 3 aromatic rings. The monoisotopic (exact) mass is 586 g/mol. The Morgan fingerprint density at radius 2 is 1.05 bits per heavy atom. The van der Waals surface area contributed by atoms with Crippen molar-refractivity contribution in [2.45, 2.75) is 115 Å². The van der Waals surface area contributed by atoms with Gasteiger partial charge in [-0.1, -0.05) is 134 Å². The average molecular weight is 587 g/mol. The maximum atomic E-state index is 13.2. The van der Waals surface area contributed by atoms with Gasteiger partial charge in [0, 0.05) is 11.1 Å². The van der Waals surface area contributed by atoms with Crippen LogP contribution in [-0.4, -0.2) is 22.8 Å². The minimum Gasteiger partial charge on any atom is -0.508 e. The minimum absolute atomic E-state index is 0.127. The molecule has 0 fully saturated rings. The minimum atomic E-state index is -1.25. The lowest BCUT2D eigenvalue weighted by Gasteiger charge is -2.31. The van der Waals surface area contributed by atoms with Crippen molar-refractivity contribution in [1.82, 2.24) is 0 Å². The van der Waals surface area contributed by atoms with Crippen molar-refractivity contribution >= 4 is 5.97 Å². The molecule has 232 valence electrons. The molecule has 5 nitrogen and oxygen atoms in total. The predicted octanol–water partition coefficient (Wildman–Crippen LogP) is 10.2. The largest absolute Gasteiger partial charge is 0.508 e. The number of phenolic OH excluding ortho intramolecular Hbond substituents is 2. The molecule has 0 saturated heterocycles. The molecule has 43 heavy (non-hydrogen) atoms. The molecule has 0 aliphatic carbocycles. The van der Waals surface area contributed by atoms with Gasteiger partial charge in [0.15, 0.2) is 5.60 Å². The molecule has 0 radical (unpaired) electrons. The van der Waals surface area contributed by atoms with Crippen LogP contribution in [-0.2, 0) is 10.3 Å². The third-order valence-electron chi connectivity index (χ3n) is 8.65. The van der Waals surface area contributed by atoms with E-state index in [1.165, 1.54) is 89.9 Å². The number of benzene rings is 3. The van der Waals surface area contributed by atoms with Gasteiger partial charge < -0.3 is 19.7 Å².